The lowest BCUT2D eigenvalue weighted by molar-refractivity contribution is 0.515. The van der Waals surface area contributed by atoms with Gasteiger partial charge < -0.3 is 5.32 Å². The molecule has 1 aromatic carbocycles. The van der Waals surface area contributed by atoms with Crippen LogP contribution in [0.25, 0.3) is 0 Å². The summed E-state index contributed by atoms with van der Waals surface area (Å²) in [6, 6.07) is 7.00. The molecule has 0 fully saturated rings. The number of hydrogen-bond acceptors (Lipinski definition) is 2. The van der Waals surface area contributed by atoms with Gasteiger partial charge in [0.1, 0.15) is 0 Å². The molecule has 0 aliphatic rings. The average molecular weight is 336 g/mol. The van der Waals surface area contributed by atoms with Crippen LogP contribution in [0.15, 0.2) is 35.1 Å². The second kappa shape index (κ2) is 7.04. The van der Waals surface area contributed by atoms with Crippen molar-refractivity contribution in [3.8, 4) is 0 Å². The van der Waals surface area contributed by atoms with Gasteiger partial charge in [0.25, 0.3) is 0 Å². The summed E-state index contributed by atoms with van der Waals surface area (Å²) in [6.45, 7) is 5.27. The molecular weight excluding hydrogens is 314 g/mol. The Morgan fingerprint density at radius 1 is 1.40 bits per heavy atom. The van der Waals surface area contributed by atoms with Crippen molar-refractivity contribution in [1.82, 2.24) is 15.1 Å². The third-order valence-electron chi connectivity index (χ3n) is 3.51. The fourth-order valence-corrected chi connectivity index (χ4v) is 2.68. The molecule has 0 bridgehead atoms. The molecule has 0 spiro atoms. The van der Waals surface area contributed by atoms with Gasteiger partial charge in [0.2, 0.25) is 0 Å². The Morgan fingerprint density at radius 3 is 2.80 bits per heavy atom. The number of nitrogens with zero attached hydrogens (tertiary/aromatic N) is 2. The van der Waals surface area contributed by atoms with E-state index in [0.717, 1.165) is 19.4 Å². The van der Waals surface area contributed by atoms with Crippen molar-refractivity contribution in [1.29, 1.82) is 0 Å². The van der Waals surface area contributed by atoms with E-state index in [1.54, 1.807) is 0 Å². The molecule has 1 N–H and O–H groups in total. The molecule has 0 aliphatic carbocycles. The molecule has 0 radical (unpaired) electrons. The normalized spacial score (nSPS) is 12.6. The summed E-state index contributed by atoms with van der Waals surface area (Å²) in [7, 11) is 1.96. The zero-order valence-electron chi connectivity index (χ0n) is 12.4. The second-order valence-electron chi connectivity index (χ2n) is 5.18. The van der Waals surface area contributed by atoms with Gasteiger partial charge in [0, 0.05) is 23.8 Å². The highest BCUT2D eigenvalue weighted by Gasteiger charge is 2.12. The van der Waals surface area contributed by atoms with Crippen LogP contribution in [-0.2, 0) is 13.5 Å². The first-order valence-corrected chi connectivity index (χ1v) is 7.86. The second-order valence-corrected chi connectivity index (χ2v) is 6.03. The highest BCUT2D eigenvalue weighted by molar-refractivity contribution is 9.10. The fourth-order valence-electron chi connectivity index (χ4n) is 2.43. The number of aryl methyl sites for hydroxylation is 3. The highest BCUT2D eigenvalue weighted by atomic mass is 79.9. The third kappa shape index (κ3) is 3.93. The predicted molar refractivity (Wildman–Crippen MR) is 86.8 cm³/mol. The number of nitrogens with one attached hydrogen (secondary N) is 1. The van der Waals surface area contributed by atoms with Crippen LogP contribution < -0.4 is 5.32 Å². The van der Waals surface area contributed by atoms with Crippen molar-refractivity contribution in [3.63, 3.8) is 0 Å². The minimum absolute atomic E-state index is 0.395. The van der Waals surface area contributed by atoms with E-state index < -0.39 is 0 Å². The van der Waals surface area contributed by atoms with Gasteiger partial charge in [-0.1, -0.05) is 35.0 Å². The van der Waals surface area contributed by atoms with E-state index in [4.69, 9.17) is 0 Å². The summed E-state index contributed by atoms with van der Waals surface area (Å²) >= 11 is 3.56. The van der Waals surface area contributed by atoms with E-state index in [0.29, 0.717) is 6.04 Å². The molecule has 0 aliphatic heterocycles. The topological polar surface area (TPSA) is 29.9 Å². The molecule has 4 heteroatoms. The van der Waals surface area contributed by atoms with E-state index in [9.17, 15) is 0 Å². The molecule has 1 unspecified atom stereocenters. The largest absolute Gasteiger partial charge is 0.310 e. The van der Waals surface area contributed by atoms with Gasteiger partial charge in [-0.2, -0.15) is 5.10 Å². The fraction of sp³-hybridized carbons (Fsp3) is 0.438. The number of rotatable bonds is 6. The molecular formula is C16H22BrN3. The zero-order chi connectivity index (χ0) is 14.5. The van der Waals surface area contributed by atoms with Crippen molar-refractivity contribution < 1.29 is 0 Å². The minimum Gasteiger partial charge on any atom is -0.310 e. The molecule has 108 valence electrons. The molecule has 2 aromatic rings. The quantitative estimate of drug-likeness (QED) is 0.870. The van der Waals surface area contributed by atoms with E-state index in [1.165, 1.54) is 21.2 Å². The lowest BCUT2D eigenvalue weighted by Crippen LogP contribution is -2.21. The maximum atomic E-state index is 4.23. The van der Waals surface area contributed by atoms with Crippen molar-refractivity contribution in [2.45, 2.75) is 32.7 Å². The van der Waals surface area contributed by atoms with Crippen molar-refractivity contribution in [3.05, 3.63) is 51.8 Å². The SMILES string of the molecule is CCNC(CCc1cnn(C)c1)c1ccc(Br)c(C)c1. The summed E-state index contributed by atoms with van der Waals surface area (Å²) < 4.78 is 3.03. The van der Waals surface area contributed by atoms with Crippen LogP contribution in [0, 0.1) is 6.92 Å². The van der Waals surface area contributed by atoms with Gasteiger partial charge in [-0.15, -0.1) is 0 Å². The summed E-state index contributed by atoms with van der Waals surface area (Å²) in [5.74, 6) is 0. The van der Waals surface area contributed by atoms with Crippen LogP contribution in [0.5, 0.6) is 0 Å². The first-order chi connectivity index (χ1) is 9.60. The monoisotopic (exact) mass is 335 g/mol. The van der Waals surface area contributed by atoms with Crippen molar-refractivity contribution in [2.24, 2.45) is 7.05 Å². The molecule has 1 heterocycles. The lowest BCUT2D eigenvalue weighted by atomic mass is 9.98. The Morgan fingerprint density at radius 2 is 2.20 bits per heavy atom. The van der Waals surface area contributed by atoms with Gasteiger partial charge in [-0.25, -0.2) is 0 Å². The van der Waals surface area contributed by atoms with E-state index in [-0.39, 0.29) is 0 Å². The summed E-state index contributed by atoms with van der Waals surface area (Å²) in [6.07, 6.45) is 6.17. The first-order valence-electron chi connectivity index (χ1n) is 7.07. The van der Waals surface area contributed by atoms with Crippen LogP contribution in [-0.4, -0.2) is 16.3 Å². The molecule has 1 atom stereocenters. The van der Waals surface area contributed by atoms with Crippen LogP contribution in [0.1, 0.15) is 36.1 Å². The van der Waals surface area contributed by atoms with E-state index in [2.05, 4.69) is 64.6 Å². The van der Waals surface area contributed by atoms with Gasteiger partial charge in [-0.05, 0) is 49.1 Å². The van der Waals surface area contributed by atoms with Gasteiger partial charge in [0.15, 0.2) is 0 Å². The van der Waals surface area contributed by atoms with Gasteiger partial charge in [0.05, 0.1) is 6.20 Å². The van der Waals surface area contributed by atoms with Crippen LogP contribution in [0.2, 0.25) is 0 Å². The number of aromatic nitrogens is 2. The number of benzene rings is 1. The smallest absolute Gasteiger partial charge is 0.0521 e. The predicted octanol–water partition coefficient (Wildman–Crippen LogP) is 3.77. The summed E-state index contributed by atoms with van der Waals surface area (Å²) in [5, 5.41) is 7.81. The maximum absolute atomic E-state index is 4.23. The Labute approximate surface area is 129 Å². The minimum atomic E-state index is 0.395. The standard InChI is InChI=1S/C16H22BrN3/c1-4-18-16(8-5-13-10-19-20(3)11-13)14-6-7-15(17)12(2)9-14/h6-7,9-11,16,18H,4-5,8H2,1-3H3. The Hall–Kier alpha value is -1.13. The third-order valence-corrected chi connectivity index (χ3v) is 4.40. The van der Waals surface area contributed by atoms with Gasteiger partial charge in [-0.3, -0.25) is 4.68 Å². The molecule has 0 amide bonds. The molecule has 20 heavy (non-hydrogen) atoms. The van der Waals surface area contributed by atoms with Crippen molar-refractivity contribution >= 4 is 15.9 Å². The number of hydrogen-bond donors (Lipinski definition) is 1. The number of halogens is 1. The summed E-state index contributed by atoms with van der Waals surface area (Å²) in [4.78, 5) is 0. The zero-order valence-corrected chi connectivity index (χ0v) is 13.9. The molecule has 3 nitrogen and oxygen atoms in total. The van der Waals surface area contributed by atoms with Crippen molar-refractivity contribution in [2.75, 3.05) is 6.54 Å². The lowest BCUT2D eigenvalue weighted by Gasteiger charge is -2.19. The highest BCUT2D eigenvalue weighted by Crippen LogP contribution is 2.24. The van der Waals surface area contributed by atoms with Crippen LogP contribution >= 0.6 is 15.9 Å². The van der Waals surface area contributed by atoms with Crippen LogP contribution in [0.3, 0.4) is 0 Å². The van der Waals surface area contributed by atoms with E-state index in [1.807, 2.05) is 17.9 Å². The molecule has 1 aromatic heterocycles. The molecule has 0 saturated carbocycles. The Bertz CT molecular complexity index is 563. The van der Waals surface area contributed by atoms with E-state index >= 15 is 0 Å². The maximum Gasteiger partial charge on any atom is 0.0521 e. The Balaban J connectivity index is 2.07. The first kappa shape index (κ1) is 15.3. The van der Waals surface area contributed by atoms with Gasteiger partial charge >= 0.3 is 0 Å². The summed E-state index contributed by atoms with van der Waals surface area (Å²) in [5.41, 5.74) is 3.94. The van der Waals surface area contributed by atoms with Crippen LogP contribution in [0.4, 0.5) is 0 Å². The Kier molecular flexibility index (Phi) is 5.38. The molecule has 0 saturated heterocycles. The average Bonchev–Trinajstić information content (AvgIpc) is 2.84. The molecule has 2 rings (SSSR count).